The number of anilines is 1. The minimum absolute atomic E-state index is 0. The molecule has 0 radical (unpaired) electrons. The van der Waals surface area contributed by atoms with Crippen LogP contribution in [0.1, 0.15) is 11.1 Å². The fourth-order valence-corrected chi connectivity index (χ4v) is 3.79. The highest BCUT2D eigenvalue weighted by Crippen LogP contribution is 2.30. The number of H-pyrrole nitrogens is 1. The predicted molar refractivity (Wildman–Crippen MR) is 94.9 cm³/mol. The van der Waals surface area contributed by atoms with Gasteiger partial charge in [-0.25, -0.2) is 4.98 Å². The van der Waals surface area contributed by atoms with Crippen LogP contribution in [0.5, 0.6) is 0 Å². The van der Waals surface area contributed by atoms with Crippen molar-refractivity contribution in [3.8, 4) is 10.6 Å². The highest BCUT2D eigenvalue weighted by molar-refractivity contribution is 7.21. The predicted octanol–water partition coefficient (Wildman–Crippen LogP) is 0.357. The van der Waals surface area contributed by atoms with Gasteiger partial charge < -0.3 is 22.7 Å². The van der Waals surface area contributed by atoms with E-state index in [9.17, 15) is 4.79 Å². The third-order valence-corrected chi connectivity index (χ3v) is 5.04. The first-order chi connectivity index (χ1) is 11.2. The average Bonchev–Trinajstić information content (AvgIpc) is 2.55. The van der Waals surface area contributed by atoms with Gasteiger partial charge in [-0.1, -0.05) is 30.3 Å². The summed E-state index contributed by atoms with van der Waals surface area (Å²) in [6.07, 6.45) is 0.804. The van der Waals surface area contributed by atoms with Crippen LogP contribution in [0.3, 0.4) is 0 Å². The minimum Gasteiger partial charge on any atom is -1.00 e. The van der Waals surface area contributed by atoms with E-state index in [2.05, 4.69) is 23.2 Å². The summed E-state index contributed by atoms with van der Waals surface area (Å²) >= 11 is 1.58. The van der Waals surface area contributed by atoms with E-state index >= 15 is 0 Å². The SMILES string of the molecule is Nc1cc2sc3cc(=O)ccc-3[nH+]c2cc1Cc1ccccc1.[Br-]. The summed E-state index contributed by atoms with van der Waals surface area (Å²) in [5, 5.41) is 0. The summed E-state index contributed by atoms with van der Waals surface area (Å²) < 4.78 is 1.05. The van der Waals surface area contributed by atoms with Crippen molar-refractivity contribution in [2.45, 2.75) is 6.42 Å². The van der Waals surface area contributed by atoms with Crippen LogP contribution in [0.4, 0.5) is 5.69 Å². The Morgan fingerprint density at radius 3 is 2.58 bits per heavy atom. The summed E-state index contributed by atoms with van der Waals surface area (Å²) in [7, 11) is 0. The number of benzene rings is 3. The topological polar surface area (TPSA) is 57.2 Å². The van der Waals surface area contributed by atoms with E-state index < -0.39 is 0 Å². The number of aromatic nitrogens is 1. The van der Waals surface area contributed by atoms with Gasteiger partial charge in [-0.2, -0.15) is 0 Å². The lowest BCUT2D eigenvalue weighted by atomic mass is 10.0. The number of rotatable bonds is 2. The largest absolute Gasteiger partial charge is 1.00 e. The molecule has 0 atom stereocenters. The minimum atomic E-state index is 0. The zero-order valence-electron chi connectivity index (χ0n) is 12.8. The van der Waals surface area contributed by atoms with Gasteiger partial charge in [0.2, 0.25) is 11.2 Å². The maximum Gasteiger partial charge on any atom is 0.221 e. The molecule has 0 saturated heterocycles. The van der Waals surface area contributed by atoms with E-state index in [1.54, 1.807) is 23.5 Å². The Morgan fingerprint density at radius 1 is 1.00 bits per heavy atom. The van der Waals surface area contributed by atoms with Crippen molar-refractivity contribution in [3.05, 3.63) is 82.0 Å². The number of nitrogens with two attached hydrogens (primary N) is 1. The molecule has 1 heterocycles. The number of nitrogens with one attached hydrogen (secondary N) is 1. The molecule has 0 saturated carbocycles. The van der Waals surface area contributed by atoms with E-state index in [1.807, 2.05) is 30.3 Å². The van der Waals surface area contributed by atoms with Gasteiger partial charge in [-0.15, -0.1) is 11.3 Å². The lowest BCUT2D eigenvalue weighted by Gasteiger charge is -2.07. The first kappa shape index (κ1) is 16.6. The van der Waals surface area contributed by atoms with Crippen molar-refractivity contribution >= 4 is 27.2 Å². The molecular formula is C19H15BrN2OS. The first-order valence-corrected chi connectivity index (χ1v) is 8.23. The van der Waals surface area contributed by atoms with Crippen LogP contribution in [0.2, 0.25) is 0 Å². The molecule has 0 unspecified atom stereocenters. The van der Waals surface area contributed by atoms with Gasteiger partial charge in [0, 0.05) is 23.9 Å². The van der Waals surface area contributed by atoms with Crippen LogP contribution < -0.4 is 33.1 Å². The van der Waals surface area contributed by atoms with Crippen LogP contribution in [-0.2, 0) is 6.42 Å². The first-order valence-electron chi connectivity index (χ1n) is 7.41. The number of aromatic amines is 1. The van der Waals surface area contributed by atoms with Gasteiger partial charge in [0.25, 0.3) is 0 Å². The Kier molecular flexibility index (Phi) is 4.64. The van der Waals surface area contributed by atoms with Gasteiger partial charge in [0.1, 0.15) is 9.58 Å². The van der Waals surface area contributed by atoms with Crippen LogP contribution in [0.25, 0.3) is 20.8 Å². The number of halogens is 1. The van der Waals surface area contributed by atoms with Crippen molar-refractivity contribution < 1.29 is 22.0 Å². The second-order valence-corrected chi connectivity index (χ2v) is 6.68. The molecule has 4 rings (SSSR count). The molecular weight excluding hydrogens is 384 g/mol. The third-order valence-electron chi connectivity index (χ3n) is 3.92. The zero-order valence-corrected chi connectivity index (χ0v) is 15.2. The quantitative estimate of drug-likeness (QED) is 0.391. The Balaban J connectivity index is 0.00000169. The Bertz CT molecular complexity index is 1030. The molecule has 5 heteroatoms. The molecule has 1 aliphatic carbocycles. The van der Waals surface area contributed by atoms with E-state index in [0.717, 1.165) is 38.5 Å². The number of nitrogen functional groups attached to an aromatic ring is 1. The summed E-state index contributed by atoms with van der Waals surface area (Å²) in [5.41, 5.74) is 11.4. The van der Waals surface area contributed by atoms with Gasteiger partial charge in [-0.3, -0.25) is 4.79 Å². The molecule has 2 aliphatic rings. The van der Waals surface area contributed by atoms with Crippen LogP contribution >= 0.6 is 11.3 Å². The van der Waals surface area contributed by atoms with Gasteiger partial charge in [0.15, 0.2) is 5.43 Å². The van der Waals surface area contributed by atoms with Crippen LogP contribution in [0, 0.1) is 0 Å². The van der Waals surface area contributed by atoms with E-state index in [1.165, 1.54) is 5.56 Å². The lowest BCUT2D eigenvalue weighted by molar-refractivity contribution is -0.330. The van der Waals surface area contributed by atoms with Crippen molar-refractivity contribution in [2.24, 2.45) is 0 Å². The Morgan fingerprint density at radius 2 is 1.79 bits per heavy atom. The molecule has 0 fully saturated rings. The van der Waals surface area contributed by atoms with Crippen molar-refractivity contribution in [3.63, 3.8) is 0 Å². The molecule has 24 heavy (non-hydrogen) atoms. The second kappa shape index (κ2) is 6.71. The molecule has 0 spiro atoms. The van der Waals surface area contributed by atoms with Gasteiger partial charge in [0.05, 0.1) is 0 Å². The van der Waals surface area contributed by atoms with E-state index in [4.69, 9.17) is 5.73 Å². The molecule has 0 amide bonds. The Hall–Kier alpha value is -2.24. The molecule has 0 aromatic heterocycles. The van der Waals surface area contributed by atoms with Gasteiger partial charge in [-0.05, 0) is 29.7 Å². The smallest absolute Gasteiger partial charge is 0.221 e. The summed E-state index contributed by atoms with van der Waals surface area (Å²) in [6.45, 7) is 0. The van der Waals surface area contributed by atoms with E-state index in [-0.39, 0.29) is 22.4 Å². The van der Waals surface area contributed by atoms with Gasteiger partial charge >= 0.3 is 0 Å². The Labute approximate surface area is 153 Å². The molecule has 2 aromatic rings. The number of hydrogen-bond acceptors (Lipinski definition) is 3. The monoisotopic (exact) mass is 398 g/mol. The number of hydrogen-bond donors (Lipinski definition) is 1. The summed E-state index contributed by atoms with van der Waals surface area (Å²) in [6, 6.07) is 19.5. The van der Waals surface area contributed by atoms with Crippen molar-refractivity contribution in [1.82, 2.24) is 0 Å². The molecule has 1 aliphatic heterocycles. The second-order valence-electron chi connectivity index (χ2n) is 5.59. The van der Waals surface area contributed by atoms with E-state index in [0.29, 0.717) is 0 Å². The van der Waals surface area contributed by atoms with Crippen LogP contribution in [-0.4, -0.2) is 0 Å². The summed E-state index contributed by atoms with van der Waals surface area (Å²) in [4.78, 5) is 15.9. The van der Waals surface area contributed by atoms with Crippen LogP contribution in [0.15, 0.2) is 65.5 Å². The fraction of sp³-hybridized carbons (Fsp3) is 0.0526. The third kappa shape index (κ3) is 3.18. The maximum atomic E-state index is 11.5. The molecule has 0 bridgehead atoms. The average molecular weight is 399 g/mol. The normalized spacial score (nSPS) is 10.7. The number of fused-ring (bicyclic) bond motifs is 2. The molecule has 3 nitrogen and oxygen atoms in total. The highest BCUT2D eigenvalue weighted by Gasteiger charge is 2.15. The highest BCUT2D eigenvalue weighted by atomic mass is 79.9. The van der Waals surface area contributed by atoms with Crippen molar-refractivity contribution in [2.75, 3.05) is 5.73 Å². The summed E-state index contributed by atoms with van der Waals surface area (Å²) in [5.74, 6) is 0. The standard InChI is InChI=1S/C19H14N2OS.BrH/c20-15-11-19-17(9-13(15)8-12-4-2-1-3-5-12)21-16-7-6-14(22)10-18(16)23-19;/h1-7,9-11H,8,20H2;1H. The molecule has 3 N–H and O–H groups in total. The zero-order chi connectivity index (χ0) is 15.8. The molecule has 120 valence electrons. The fourth-order valence-electron chi connectivity index (χ4n) is 2.75. The van der Waals surface area contributed by atoms with Crippen molar-refractivity contribution in [1.29, 1.82) is 0 Å². The molecule has 2 aromatic carbocycles. The maximum absolute atomic E-state index is 11.5. The lowest BCUT2D eigenvalue weighted by Crippen LogP contribution is -3.00.